The Hall–Kier alpha value is -1.99. The molecule has 2 aliphatic rings. The summed E-state index contributed by atoms with van der Waals surface area (Å²) >= 11 is 0. The van der Waals surface area contributed by atoms with Gasteiger partial charge in [0.2, 0.25) is 5.91 Å². The van der Waals surface area contributed by atoms with E-state index in [0.29, 0.717) is 12.5 Å². The van der Waals surface area contributed by atoms with Gasteiger partial charge in [0.1, 0.15) is 5.69 Å². The molecule has 7 heteroatoms. The van der Waals surface area contributed by atoms with Crippen LogP contribution in [-0.4, -0.2) is 46.1 Å². The van der Waals surface area contributed by atoms with Crippen molar-refractivity contribution in [3.05, 3.63) is 34.4 Å². The number of nitrogens with zero attached hydrogens (tertiary/aromatic N) is 2. The number of carbonyl (C=O) groups is 1. The molecule has 1 aromatic rings. The molecule has 0 bridgehead atoms. The van der Waals surface area contributed by atoms with Crippen LogP contribution in [0, 0.1) is 16.0 Å². The van der Waals surface area contributed by atoms with Crippen LogP contribution >= 0.6 is 0 Å². The van der Waals surface area contributed by atoms with Gasteiger partial charge in [0, 0.05) is 38.0 Å². The first-order valence-corrected chi connectivity index (χ1v) is 8.96. The standard InChI is InChI=1S/C18H25N3O4/c22-17(19-15-6-1-2-7-16(15)21(24)25)8-11-20-12-10-18(23)9-4-3-5-14(18)13-20/h1-2,6-7,14,23H,3-5,8-13H2,(H,19,22). The molecule has 2 N–H and O–H groups in total. The van der Waals surface area contributed by atoms with Gasteiger partial charge in [-0.05, 0) is 25.3 Å². The number of carbonyl (C=O) groups excluding carboxylic acids is 1. The molecule has 1 amide bonds. The fourth-order valence-electron chi connectivity index (χ4n) is 4.05. The number of para-hydroxylation sites is 2. The van der Waals surface area contributed by atoms with Crippen molar-refractivity contribution in [3.63, 3.8) is 0 Å². The average Bonchev–Trinajstić information content (AvgIpc) is 2.60. The fourth-order valence-corrected chi connectivity index (χ4v) is 4.05. The predicted octanol–water partition coefficient (Wildman–Crippen LogP) is 2.55. The molecule has 1 saturated heterocycles. The van der Waals surface area contributed by atoms with Gasteiger partial charge in [-0.2, -0.15) is 0 Å². The number of rotatable bonds is 5. The lowest BCUT2D eigenvalue weighted by Gasteiger charge is -2.47. The first-order valence-electron chi connectivity index (χ1n) is 8.96. The number of benzene rings is 1. The maximum atomic E-state index is 12.2. The fraction of sp³-hybridized carbons (Fsp3) is 0.611. The van der Waals surface area contributed by atoms with E-state index in [1.807, 2.05) is 0 Å². The number of piperidine rings is 1. The SMILES string of the molecule is O=C(CCN1CCC2(O)CCCCC2C1)Nc1ccccc1[N+](=O)[O-]. The number of nitrogens with one attached hydrogen (secondary N) is 1. The quantitative estimate of drug-likeness (QED) is 0.630. The summed E-state index contributed by atoms with van der Waals surface area (Å²) in [6, 6.07) is 6.16. The molecule has 2 atom stereocenters. The van der Waals surface area contributed by atoms with Crippen LogP contribution in [0.3, 0.4) is 0 Å². The number of nitro groups is 1. The monoisotopic (exact) mass is 347 g/mol. The van der Waals surface area contributed by atoms with E-state index in [-0.39, 0.29) is 23.7 Å². The number of hydrogen-bond donors (Lipinski definition) is 2. The number of aliphatic hydroxyl groups is 1. The van der Waals surface area contributed by atoms with E-state index in [0.717, 1.165) is 38.8 Å². The summed E-state index contributed by atoms with van der Waals surface area (Å²) in [5, 5.41) is 24.3. The number of nitro benzene ring substituents is 1. The second-order valence-electron chi connectivity index (χ2n) is 7.17. The highest BCUT2D eigenvalue weighted by Gasteiger charge is 2.42. The predicted molar refractivity (Wildman–Crippen MR) is 94.3 cm³/mol. The van der Waals surface area contributed by atoms with E-state index in [1.54, 1.807) is 18.2 Å². The first kappa shape index (κ1) is 17.8. The van der Waals surface area contributed by atoms with Crippen molar-refractivity contribution in [1.82, 2.24) is 4.90 Å². The molecule has 1 aliphatic carbocycles. The van der Waals surface area contributed by atoms with E-state index >= 15 is 0 Å². The van der Waals surface area contributed by atoms with Gasteiger partial charge in [-0.3, -0.25) is 14.9 Å². The van der Waals surface area contributed by atoms with Gasteiger partial charge in [-0.1, -0.05) is 25.0 Å². The largest absolute Gasteiger partial charge is 0.390 e. The summed E-state index contributed by atoms with van der Waals surface area (Å²) in [5.41, 5.74) is -0.374. The molecule has 0 spiro atoms. The topological polar surface area (TPSA) is 95.7 Å². The van der Waals surface area contributed by atoms with Gasteiger partial charge in [0.25, 0.3) is 5.69 Å². The van der Waals surface area contributed by atoms with Crippen molar-refractivity contribution in [2.75, 3.05) is 25.0 Å². The van der Waals surface area contributed by atoms with Gasteiger partial charge < -0.3 is 15.3 Å². The van der Waals surface area contributed by atoms with Crippen molar-refractivity contribution in [2.45, 2.75) is 44.1 Å². The average molecular weight is 347 g/mol. The Kier molecular flexibility index (Phi) is 5.34. The highest BCUT2D eigenvalue weighted by Crippen LogP contribution is 2.39. The van der Waals surface area contributed by atoms with Gasteiger partial charge >= 0.3 is 0 Å². The first-order chi connectivity index (χ1) is 12.0. The second-order valence-corrected chi connectivity index (χ2v) is 7.17. The maximum absolute atomic E-state index is 12.2. The minimum atomic E-state index is -0.512. The van der Waals surface area contributed by atoms with Crippen LogP contribution in [0.15, 0.2) is 24.3 Å². The highest BCUT2D eigenvalue weighted by molar-refractivity contribution is 5.93. The summed E-state index contributed by atoms with van der Waals surface area (Å²) < 4.78 is 0. The van der Waals surface area contributed by atoms with Gasteiger partial charge in [-0.25, -0.2) is 0 Å². The molecule has 136 valence electrons. The van der Waals surface area contributed by atoms with Crippen molar-refractivity contribution in [2.24, 2.45) is 5.92 Å². The lowest BCUT2D eigenvalue weighted by Crippen LogP contribution is -2.53. The third-order valence-corrected chi connectivity index (χ3v) is 5.54. The highest BCUT2D eigenvalue weighted by atomic mass is 16.6. The molecule has 0 aromatic heterocycles. The minimum absolute atomic E-state index is 0.0962. The van der Waals surface area contributed by atoms with Crippen LogP contribution in [0.2, 0.25) is 0 Å². The summed E-state index contributed by atoms with van der Waals surface area (Å²) in [6.45, 7) is 2.24. The lowest BCUT2D eigenvalue weighted by atomic mass is 9.71. The molecule has 2 unspecified atom stereocenters. The molecule has 1 aromatic carbocycles. The van der Waals surface area contributed by atoms with Gasteiger partial charge in [-0.15, -0.1) is 0 Å². The number of amides is 1. The third-order valence-electron chi connectivity index (χ3n) is 5.54. The van der Waals surface area contributed by atoms with E-state index in [9.17, 15) is 20.0 Å². The Balaban J connectivity index is 1.51. The Labute approximate surface area is 147 Å². The van der Waals surface area contributed by atoms with Crippen molar-refractivity contribution >= 4 is 17.3 Å². The van der Waals surface area contributed by atoms with Gasteiger partial charge in [0.15, 0.2) is 0 Å². The zero-order valence-electron chi connectivity index (χ0n) is 14.3. The summed E-state index contributed by atoms with van der Waals surface area (Å²) in [6.07, 6.45) is 5.27. The molecule has 1 heterocycles. The zero-order valence-corrected chi connectivity index (χ0v) is 14.3. The van der Waals surface area contributed by atoms with E-state index in [2.05, 4.69) is 10.2 Å². The molecule has 3 rings (SSSR count). The Bertz CT molecular complexity index is 651. The number of likely N-dealkylation sites (tertiary alicyclic amines) is 1. The number of anilines is 1. The summed E-state index contributed by atoms with van der Waals surface area (Å²) in [4.78, 5) is 24.9. The van der Waals surface area contributed by atoms with E-state index in [4.69, 9.17) is 0 Å². The van der Waals surface area contributed by atoms with Crippen LogP contribution in [0.4, 0.5) is 11.4 Å². The lowest BCUT2D eigenvalue weighted by molar-refractivity contribution is -0.383. The van der Waals surface area contributed by atoms with Crippen LogP contribution in [0.25, 0.3) is 0 Å². The van der Waals surface area contributed by atoms with E-state index < -0.39 is 10.5 Å². The maximum Gasteiger partial charge on any atom is 0.292 e. The van der Waals surface area contributed by atoms with Crippen molar-refractivity contribution < 1.29 is 14.8 Å². The zero-order chi connectivity index (χ0) is 17.9. The van der Waals surface area contributed by atoms with Crippen molar-refractivity contribution in [1.29, 1.82) is 0 Å². The molecular weight excluding hydrogens is 322 g/mol. The molecule has 25 heavy (non-hydrogen) atoms. The Morgan fingerprint density at radius 2 is 2.16 bits per heavy atom. The molecular formula is C18H25N3O4. The Morgan fingerprint density at radius 3 is 2.96 bits per heavy atom. The molecule has 1 aliphatic heterocycles. The minimum Gasteiger partial charge on any atom is -0.390 e. The molecule has 0 radical (unpaired) electrons. The normalized spacial score (nSPS) is 26.7. The second kappa shape index (κ2) is 7.49. The van der Waals surface area contributed by atoms with E-state index in [1.165, 1.54) is 12.5 Å². The number of fused-ring (bicyclic) bond motifs is 1. The van der Waals surface area contributed by atoms with Crippen LogP contribution in [0.1, 0.15) is 38.5 Å². The molecule has 7 nitrogen and oxygen atoms in total. The molecule has 2 fully saturated rings. The van der Waals surface area contributed by atoms with Gasteiger partial charge in [0.05, 0.1) is 10.5 Å². The smallest absolute Gasteiger partial charge is 0.292 e. The van der Waals surface area contributed by atoms with Crippen LogP contribution in [-0.2, 0) is 4.79 Å². The number of hydrogen-bond acceptors (Lipinski definition) is 5. The molecule has 1 saturated carbocycles. The summed E-state index contributed by atoms with van der Waals surface area (Å²) in [7, 11) is 0. The van der Waals surface area contributed by atoms with Crippen LogP contribution in [0.5, 0.6) is 0 Å². The Morgan fingerprint density at radius 1 is 1.36 bits per heavy atom. The third kappa shape index (κ3) is 4.16. The van der Waals surface area contributed by atoms with Crippen molar-refractivity contribution in [3.8, 4) is 0 Å². The summed E-state index contributed by atoms with van der Waals surface area (Å²) in [5.74, 6) is 0.0760. The van der Waals surface area contributed by atoms with Crippen LogP contribution < -0.4 is 5.32 Å².